The summed E-state index contributed by atoms with van der Waals surface area (Å²) >= 11 is 0. The lowest BCUT2D eigenvalue weighted by Gasteiger charge is -2.38. The third kappa shape index (κ3) is 3.85. The first-order valence-corrected chi connectivity index (χ1v) is 9.69. The van der Waals surface area contributed by atoms with Crippen molar-refractivity contribution in [1.29, 1.82) is 0 Å². The molecule has 1 saturated heterocycles. The van der Waals surface area contributed by atoms with E-state index in [0.717, 1.165) is 17.9 Å². The fraction of sp³-hybridized carbons (Fsp3) is 0.435. The van der Waals surface area contributed by atoms with Gasteiger partial charge in [-0.2, -0.15) is 0 Å². The second-order valence-corrected chi connectivity index (χ2v) is 7.44. The summed E-state index contributed by atoms with van der Waals surface area (Å²) in [7, 11) is 1.66. The van der Waals surface area contributed by atoms with Crippen molar-refractivity contribution in [3.05, 3.63) is 60.9 Å². The van der Waals surface area contributed by atoms with Crippen molar-refractivity contribution in [3.63, 3.8) is 0 Å². The van der Waals surface area contributed by atoms with Gasteiger partial charge in [-0.1, -0.05) is 25.1 Å². The van der Waals surface area contributed by atoms with Crippen molar-refractivity contribution in [3.8, 4) is 5.75 Å². The molecule has 1 aliphatic heterocycles. The summed E-state index contributed by atoms with van der Waals surface area (Å²) < 4.78 is 17.2. The van der Waals surface area contributed by atoms with Gasteiger partial charge in [0.2, 0.25) is 0 Å². The SMILES string of the molecule is C=CCNc1cc(CC(C)[C@]23C[C@H](CC=C)C(=O)C=C2OCO3)ccc1OC. The Kier molecular flexibility index (Phi) is 6.25. The number of ketones is 1. The first-order chi connectivity index (χ1) is 13.5. The summed E-state index contributed by atoms with van der Waals surface area (Å²) in [6.07, 6.45) is 7.32. The summed E-state index contributed by atoms with van der Waals surface area (Å²) in [5, 5.41) is 3.32. The molecule has 1 heterocycles. The maximum atomic E-state index is 12.4. The molecule has 1 aliphatic carbocycles. The Bertz CT molecular complexity index is 785. The Morgan fingerprint density at radius 3 is 2.93 bits per heavy atom. The molecule has 0 spiro atoms. The average molecular weight is 383 g/mol. The highest BCUT2D eigenvalue weighted by Crippen LogP contribution is 2.46. The molecule has 1 N–H and O–H groups in total. The van der Waals surface area contributed by atoms with Crippen LogP contribution in [0.1, 0.15) is 25.3 Å². The minimum atomic E-state index is -0.559. The molecule has 0 bridgehead atoms. The Morgan fingerprint density at radius 2 is 2.21 bits per heavy atom. The van der Waals surface area contributed by atoms with E-state index in [9.17, 15) is 4.79 Å². The molecular formula is C23H29NO4. The van der Waals surface area contributed by atoms with Gasteiger partial charge in [0.05, 0.1) is 12.8 Å². The van der Waals surface area contributed by atoms with Crippen LogP contribution < -0.4 is 10.1 Å². The molecule has 5 nitrogen and oxygen atoms in total. The number of hydrogen-bond acceptors (Lipinski definition) is 5. The maximum Gasteiger partial charge on any atom is 0.189 e. The first-order valence-electron chi connectivity index (χ1n) is 9.69. The van der Waals surface area contributed by atoms with Gasteiger partial charge >= 0.3 is 0 Å². The number of ether oxygens (including phenoxy) is 3. The number of carbonyl (C=O) groups excluding carboxylic acids is 1. The third-order valence-electron chi connectivity index (χ3n) is 5.66. The molecule has 3 rings (SSSR count). The standard InChI is InChI=1S/C23H29NO4/c1-5-7-18-14-23(22(13-20(18)25)27-15-28-23)16(3)11-17-8-9-21(26-4)19(12-17)24-10-6-2/h5-6,8-9,12-13,16,18,24H,1-2,7,10-11,14-15H2,3-4H3/t16?,18-,23+/m0/s1. The van der Waals surface area contributed by atoms with Gasteiger partial charge in [0.25, 0.3) is 0 Å². The lowest BCUT2D eigenvalue weighted by atomic mass is 9.71. The molecule has 2 aliphatic rings. The maximum absolute atomic E-state index is 12.4. The van der Waals surface area contributed by atoms with E-state index in [4.69, 9.17) is 14.2 Å². The highest BCUT2D eigenvalue weighted by atomic mass is 16.7. The number of benzene rings is 1. The molecule has 0 amide bonds. The lowest BCUT2D eigenvalue weighted by molar-refractivity contribution is -0.123. The van der Waals surface area contributed by atoms with E-state index in [-0.39, 0.29) is 24.4 Å². The smallest absolute Gasteiger partial charge is 0.189 e. The van der Waals surface area contributed by atoms with Crippen LogP contribution in [0.3, 0.4) is 0 Å². The molecule has 0 aromatic heterocycles. The van der Waals surface area contributed by atoms with E-state index in [0.29, 0.717) is 25.1 Å². The van der Waals surface area contributed by atoms with Crippen molar-refractivity contribution in [2.24, 2.45) is 11.8 Å². The van der Waals surface area contributed by atoms with Crippen LogP contribution in [-0.2, 0) is 20.7 Å². The topological polar surface area (TPSA) is 56.8 Å². The predicted molar refractivity (Wildman–Crippen MR) is 110 cm³/mol. The van der Waals surface area contributed by atoms with E-state index in [2.05, 4.69) is 37.5 Å². The van der Waals surface area contributed by atoms with Gasteiger partial charge in [0.15, 0.2) is 12.6 Å². The molecule has 1 unspecified atom stereocenters. The zero-order valence-corrected chi connectivity index (χ0v) is 16.7. The molecule has 0 radical (unpaired) electrons. The quantitative estimate of drug-likeness (QED) is 0.646. The van der Waals surface area contributed by atoms with E-state index >= 15 is 0 Å². The molecule has 3 atom stereocenters. The zero-order valence-electron chi connectivity index (χ0n) is 16.7. The highest BCUT2D eigenvalue weighted by Gasteiger charge is 2.51. The minimum absolute atomic E-state index is 0.101. The highest BCUT2D eigenvalue weighted by molar-refractivity contribution is 5.93. The van der Waals surface area contributed by atoms with Crippen LogP contribution in [0.15, 0.2) is 55.3 Å². The van der Waals surface area contributed by atoms with Crippen LogP contribution in [0.4, 0.5) is 5.69 Å². The molecule has 1 fully saturated rings. The van der Waals surface area contributed by atoms with Crippen molar-refractivity contribution in [1.82, 2.24) is 0 Å². The summed E-state index contributed by atoms with van der Waals surface area (Å²) in [5.41, 5.74) is 1.55. The molecule has 28 heavy (non-hydrogen) atoms. The minimum Gasteiger partial charge on any atom is -0.495 e. The van der Waals surface area contributed by atoms with Crippen molar-refractivity contribution < 1.29 is 19.0 Å². The first kappa shape index (κ1) is 20.2. The van der Waals surface area contributed by atoms with Gasteiger partial charge in [-0.15, -0.1) is 13.2 Å². The van der Waals surface area contributed by atoms with Crippen LogP contribution in [0.25, 0.3) is 0 Å². The molecule has 1 aromatic carbocycles. The summed E-state index contributed by atoms with van der Waals surface area (Å²) in [6, 6.07) is 6.14. The summed E-state index contributed by atoms with van der Waals surface area (Å²) in [4.78, 5) is 12.4. The number of methoxy groups -OCH3 is 1. The fourth-order valence-electron chi connectivity index (χ4n) is 4.14. The van der Waals surface area contributed by atoms with Crippen molar-refractivity contribution >= 4 is 11.5 Å². The van der Waals surface area contributed by atoms with Crippen LogP contribution >= 0.6 is 0 Å². The lowest BCUT2D eigenvalue weighted by Crippen LogP contribution is -2.44. The number of allylic oxidation sites excluding steroid dienone is 2. The van der Waals surface area contributed by atoms with Gasteiger partial charge in [0, 0.05) is 18.5 Å². The number of nitrogens with one attached hydrogen (secondary N) is 1. The van der Waals surface area contributed by atoms with Crippen molar-refractivity contribution in [2.45, 2.75) is 31.8 Å². The molecule has 5 heteroatoms. The number of fused-ring (bicyclic) bond motifs is 1. The van der Waals surface area contributed by atoms with Crippen LogP contribution in [0.5, 0.6) is 5.75 Å². The average Bonchev–Trinajstić information content (AvgIpc) is 3.11. The largest absolute Gasteiger partial charge is 0.495 e. The van der Waals surface area contributed by atoms with Gasteiger partial charge in [-0.05, 0) is 42.9 Å². The van der Waals surface area contributed by atoms with E-state index < -0.39 is 5.60 Å². The fourth-order valence-corrected chi connectivity index (χ4v) is 4.14. The van der Waals surface area contributed by atoms with E-state index in [1.165, 1.54) is 5.56 Å². The van der Waals surface area contributed by atoms with Gasteiger partial charge in [-0.3, -0.25) is 4.79 Å². The molecular weight excluding hydrogens is 354 g/mol. The van der Waals surface area contributed by atoms with E-state index in [1.807, 2.05) is 12.1 Å². The number of carbonyl (C=O) groups is 1. The normalized spacial score (nSPS) is 24.6. The monoisotopic (exact) mass is 383 g/mol. The Balaban J connectivity index is 1.84. The molecule has 150 valence electrons. The molecule has 1 aromatic rings. The van der Waals surface area contributed by atoms with E-state index in [1.54, 1.807) is 19.3 Å². The number of anilines is 1. The summed E-state index contributed by atoms with van der Waals surface area (Å²) in [5.74, 6) is 1.60. The van der Waals surface area contributed by atoms with Crippen LogP contribution in [-0.4, -0.2) is 31.8 Å². The number of hydrogen-bond donors (Lipinski definition) is 1. The predicted octanol–water partition coefficient (Wildman–Crippen LogP) is 4.26. The van der Waals surface area contributed by atoms with Gasteiger partial charge < -0.3 is 19.5 Å². The Labute approximate surface area is 167 Å². The second kappa shape index (κ2) is 8.65. The summed E-state index contributed by atoms with van der Waals surface area (Å²) in [6.45, 7) is 10.6. The van der Waals surface area contributed by atoms with Gasteiger partial charge in [-0.25, -0.2) is 0 Å². The Morgan fingerprint density at radius 1 is 1.39 bits per heavy atom. The third-order valence-corrected chi connectivity index (χ3v) is 5.66. The van der Waals surface area contributed by atoms with Crippen molar-refractivity contribution in [2.75, 3.05) is 25.8 Å². The zero-order chi connectivity index (χ0) is 20.1. The second-order valence-electron chi connectivity index (χ2n) is 7.44. The van der Waals surface area contributed by atoms with Crippen LogP contribution in [0, 0.1) is 11.8 Å². The van der Waals surface area contributed by atoms with Crippen LogP contribution in [0.2, 0.25) is 0 Å². The van der Waals surface area contributed by atoms with Gasteiger partial charge in [0.1, 0.15) is 17.1 Å². The number of rotatable bonds is 9. The molecule has 0 saturated carbocycles. The Hall–Kier alpha value is -2.53.